The van der Waals surface area contributed by atoms with E-state index in [1.165, 1.54) is 0 Å². The second-order valence-corrected chi connectivity index (χ2v) is 6.30. The van der Waals surface area contributed by atoms with E-state index in [4.69, 9.17) is 4.74 Å². The molecule has 0 bridgehead atoms. The molecule has 1 atom stereocenters. The summed E-state index contributed by atoms with van der Waals surface area (Å²) in [5.41, 5.74) is 0. The number of carbonyl (C=O) groups is 2. The summed E-state index contributed by atoms with van der Waals surface area (Å²) in [5, 5.41) is 2.86. The van der Waals surface area contributed by atoms with Crippen molar-refractivity contribution in [2.75, 3.05) is 45.9 Å². The predicted molar refractivity (Wildman–Crippen MR) is 87.6 cm³/mol. The van der Waals surface area contributed by atoms with Gasteiger partial charge in [-0.15, -0.1) is 0 Å². The molecule has 0 spiro atoms. The molecule has 2 fully saturated rings. The van der Waals surface area contributed by atoms with Crippen LogP contribution in [0.4, 0.5) is 4.79 Å². The van der Waals surface area contributed by atoms with Gasteiger partial charge >= 0.3 is 6.03 Å². The van der Waals surface area contributed by atoms with Crippen molar-refractivity contribution < 1.29 is 14.3 Å². The van der Waals surface area contributed by atoms with E-state index in [0.29, 0.717) is 45.8 Å². The molecule has 3 amide bonds. The Bertz CT molecular complexity index is 582. The molecule has 8 nitrogen and oxygen atoms in total. The fraction of sp³-hybridized carbons (Fsp3) is 0.688. The van der Waals surface area contributed by atoms with Crippen LogP contribution in [-0.2, 0) is 16.6 Å². The first-order valence-corrected chi connectivity index (χ1v) is 8.50. The molecule has 0 saturated carbocycles. The normalized spacial score (nSPS) is 21.1. The van der Waals surface area contributed by atoms with Crippen LogP contribution in [0.2, 0.25) is 0 Å². The Morgan fingerprint density at radius 2 is 2.08 bits per heavy atom. The van der Waals surface area contributed by atoms with Gasteiger partial charge in [-0.1, -0.05) is 0 Å². The maximum Gasteiger partial charge on any atom is 0.317 e. The maximum absolute atomic E-state index is 12.2. The highest BCUT2D eigenvalue weighted by Crippen LogP contribution is 2.25. The number of amides is 3. The van der Waals surface area contributed by atoms with Crippen LogP contribution in [0.1, 0.15) is 24.6 Å². The summed E-state index contributed by atoms with van der Waals surface area (Å²) in [4.78, 5) is 32.3. The quantitative estimate of drug-likeness (QED) is 0.850. The van der Waals surface area contributed by atoms with Crippen molar-refractivity contribution in [3.8, 4) is 0 Å². The molecule has 2 saturated heterocycles. The van der Waals surface area contributed by atoms with Gasteiger partial charge in [-0.05, 0) is 6.42 Å². The summed E-state index contributed by atoms with van der Waals surface area (Å²) >= 11 is 0. The minimum absolute atomic E-state index is 0.0749. The molecule has 132 valence electrons. The highest BCUT2D eigenvalue weighted by atomic mass is 16.5. The number of hydrogen-bond acceptors (Lipinski definition) is 4. The predicted octanol–water partition coefficient (Wildman–Crippen LogP) is 0.168. The smallest absolute Gasteiger partial charge is 0.317 e. The summed E-state index contributed by atoms with van der Waals surface area (Å²) < 4.78 is 7.24. The van der Waals surface area contributed by atoms with Gasteiger partial charge in [0.15, 0.2) is 0 Å². The molecule has 8 heteroatoms. The lowest BCUT2D eigenvalue weighted by molar-refractivity contribution is -0.135. The van der Waals surface area contributed by atoms with Crippen LogP contribution in [0.25, 0.3) is 0 Å². The first kappa shape index (κ1) is 16.8. The topological polar surface area (TPSA) is 79.7 Å². The average Bonchev–Trinajstić information content (AvgIpc) is 3.24. The lowest BCUT2D eigenvalue weighted by atomic mass is 10.1. The summed E-state index contributed by atoms with van der Waals surface area (Å²) in [6.07, 6.45) is 4.97. The zero-order valence-electron chi connectivity index (χ0n) is 14.1. The van der Waals surface area contributed by atoms with E-state index < -0.39 is 0 Å². The number of nitrogens with zero attached hydrogens (tertiary/aromatic N) is 4. The number of imidazole rings is 1. The van der Waals surface area contributed by atoms with Gasteiger partial charge in [-0.25, -0.2) is 9.78 Å². The van der Waals surface area contributed by atoms with Crippen molar-refractivity contribution in [1.82, 2.24) is 24.7 Å². The first-order valence-electron chi connectivity index (χ1n) is 8.50. The molecule has 24 heavy (non-hydrogen) atoms. The van der Waals surface area contributed by atoms with Crippen LogP contribution in [0.3, 0.4) is 0 Å². The van der Waals surface area contributed by atoms with E-state index in [1.54, 1.807) is 16.0 Å². The molecule has 0 aromatic carbocycles. The third kappa shape index (κ3) is 3.87. The Morgan fingerprint density at radius 3 is 2.79 bits per heavy atom. The van der Waals surface area contributed by atoms with Crippen molar-refractivity contribution in [2.24, 2.45) is 7.05 Å². The zero-order valence-corrected chi connectivity index (χ0v) is 14.1. The lowest BCUT2D eigenvalue weighted by Gasteiger charge is -2.27. The van der Waals surface area contributed by atoms with Gasteiger partial charge in [0.2, 0.25) is 5.91 Å². The van der Waals surface area contributed by atoms with E-state index in [-0.39, 0.29) is 17.9 Å². The Hall–Kier alpha value is -2.09. The Kier molecular flexibility index (Phi) is 5.34. The molecular formula is C16H25N5O3. The molecule has 1 aromatic heterocycles. The molecule has 2 aliphatic heterocycles. The Balaban J connectivity index is 1.39. The van der Waals surface area contributed by atoms with E-state index in [9.17, 15) is 9.59 Å². The first-order chi connectivity index (χ1) is 11.6. The van der Waals surface area contributed by atoms with E-state index in [0.717, 1.165) is 18.8 Å². The molecule has 1 aromatic rings. The molecule has 3 rings (SSSR count). The van der Waals surface area contributed by atoms with Gasteiger partial charge in [0.25, 0.3) is 0 Å². The second-order valence-electron chi connectivity index (χ2n) is 6.30. The molecular weight excluding hydrogens is 310 g/mol. The third-order valence-electron chi connectivity index (χ3n) is 4.68. The highest BCUT2D eigenvalue weighted by Gasteiger charge is 2.29. The number of urea groups is 1. The van der Waals surface area contributed by atoms with Gasteiger partial charge < -0.3 is 24.4 Å². The summed E-state index contributed by atoms with van der Waals surface area (Å²) in [7, 11) is 1.97. The van der Waals surface area contributed by atoms with Crippen molar-refractivity contribution in [1.29, 1.82) is 0 Å². The van der Waals surface area contributed by atoms with Crippen molar-refractivity contribution in [3.63, 3.8) is 0 Å². The Morgan fingerprint density at radius 1 is 1.29 bits per heavy atom. The van der Waals surface area contributed by atoms with E-state index in [2.05, 4.69) is 10.3 Å². The average molecular weight is 335 g/mol. The molecule has 0 aliphatic carbocycles. The Labute approximate surface area is 141 Å². The number of aromatic nitrogens is 2. The summed E-state index contributed by atoms with van der Waals surface area (Å²) in [5.74, 6) is 1.38. The molecule has 2 aliphatic rings. The number of rotatable bonds is 4. The fourth-order valence-electron chi connectivity index (χ4n) is 3.29. The number of hydrogen-bond donors (Lipinski definition) is 1. The highest BCUT2D eigenvalue weighted by molar-refractivity contribution is 5.78. The van der Waals surface area contributed by atoms with Gasteiger partial charge in [0, 0.05) is 64.5 Å². The number of likely N-dealkylation sites (tertiary alicyclic amines) is 1. The summed E-state index contributed by atoms with van der Waals surface area (Å²) in [6, 6.07) is -0.0958. The van der Waals surface area contributed by atoms with Crippen LogP contribution in [-0.4, -0.2) is 77.2 Å². The van der Waals surface area contributed by atoms with Gasteiger partial charge in [0.1, 0.15) is 5.82 Å². The monoisotopic (exact) mass is 335 g/mol. The minimum atomic E-state index is -0.0958. The van der Waals surface area contributed by atoms with Gasteiger partial charge in [-0.3, -0.25) is 4.79 Å². The second kappa shape index (κ2) is 7.65. The minimum Gasteiger partial charge on any atom is -0.378 e. The van der Waals surface area contributed by atoms with E-state index >= 15 is 0 Å². The lowest BCUT2D eigenvalue weighted by Crippen LogP contribution is -2.43. The van der Waals surface area contributed by atoms with Crippen LogP contribution < -0.4 is 5.32 Å². The van der Waals surface area contributed by atoms with Crippen LogP contribution in [0.15, 0.2) is 12.4 Å². The van der Waals surface area contributed by atoms with Crippen molar-refractivity contribution >= 4 is 11.9 Å². The van der Waals surface area contributed by atoms with Crippen LogP contribution in [0, 0.1) is 0 Å². The number of nitrogens with one attached hydrogen (secondary N) is 1. The standard InChI is InChI=1S/C16H25N5O3/c1-19-7-5-17-15(19)13-3-6-21(12-13)16(23)18-4-2-14(22)20-8-10-24-11-9-20/h5,7,13H,2-4,6,8-12H2,1H3,(H,18,23). The molecule has 3 heterocycles. The third-order valence-corrected chi connectivity index (χ3v) is 4.68. The molecule has 1 unspecified atom stereocenters. The number of carbonyl (C=O) groups excluding carboxylic acids is 2. The van der Waals surface area contributed by atoms with Crippen molar-refractivity contribution in [3.05, 3.63) is 18.2 Å². The maximum atomic E-state index is 12.2. The SMILES string of the molecule is Cn1ccnc1C1CCN(C(=O)NCCC(=O)N2CCOCC2)C1. The van der Waals surface area contributed by atoms with Gasteiger partial charge in [0.05, 0.1) is 13.2 Å². The van der Waals surface area contributed by atoms with Crippen LogP contribution >= 0.6 is 0 Å². The molecule has 0 radical (unpaired) electrons. The van der Waals surface area contributed by atoms with Gasteiger partial charge in [-0.2, -0.15) is 0 Å². The number of morpholine rings is 1. The largest absolute Gasteiger partial charge is 0.378 e. The van der Waals surface area contributed by atoms with Crippen molar-refractivity contribution in [2.45, 2.75) is 18.8 Å². The summed E-state index contributed by atoms with van der Waals surface area (Å²) in [6.45, 7) is 4.25. The van der Waals surface area contributed by atoms with E-state index in [1.807, 2.05) is 17.8 Å². The molecule has 1 N–H and O–H groups in total. The number of aryl methyl sites for hydroxylation is 1. The fourth-order valence-corrected chi connectivity index (χ4v) is 3.29. The van der Waals surface area contributed by atoms with Crippen LogP contribution in [0.5, 0.6) is 0 Å². The zero-order chi connectivity index (χ0) is 16.9. The number of ether oxygens (including phenoxy) is 1.